The van der Waals surface area contributed by atoms with Crippen molar-refractivity contribution in [3.63, 3.8) is 0 Å². The predicted octanol–water partition coefficient (Wildman–Crippen LogP) is 2.21. The van der Waals surface area contributed by atoms with Gasteiger partial charge >= 0.3 is 5.69 Å². The Morgan fingerprint density at radius 1 is 1.19 bits per heavy atom. The highest BCUT2D eigenvalue weighted by atomic mass is 16.5. The third-order valence-corrected chi connectivity index (χ3v) is 3.89. The molecule has 2 heterocycles. The number of hydrogen-bond acceptors (Lipinski definition) is 6. The second kappa shape index (κ2) is 7.07. The summed E-state index contributed by atoms with van der Waals surface area (Å²) in [6, 6.07) is 7.39. The van der Waals surface area contributed by atoms with E-state index >= 15 is 0 Å². The van der Waals surface area contributed by atoms with Crippen LogP contribution in [0.25, 0.3) is 5.65 Å². The molecule has 0 aliphatic heterocycles. The number of hydrogen-bond donors (Lipinski definition) is 2. The van der Waals surface area contributed by atoms with E-state index in [0.717, 1.165) is 17.2 Å². The number of fused-ring (bicyclic) bond motifs is 1. The van der Waals surface area contributed by atoms with Crippen LogP contribution in [0.4, 0.5) is 5.82 Å². The third kappa shape index (κ3) is 3.79. The summed E-state index contributed by atoms with van der Waals surface area (Å²) < 4.78 is 12.3. The molecule has 0 aliphatic rings. The molecule has 0 unspecified atom stereocenters. The van der Waals surface area contributed by atoms with Crippen molar-refractivity contribution in [3.8, 4) is 11.5 Å². The molecule has 2 N–H and O–H groups in total. The van der Waals surface area contributed by atoms with Crippen LogP contribution in [-0.4, -0.2) is 39.8 Å². The molecule has 8 heteroatoms. The average molecular weight is 357 g/mol. The van der Waals surface area contributed by atoms with Gasteiger partial charge in [0.1, 0.15) is 18.1 Å². The minimum absolute atomic E-state index is 0.194. The van der Waals surface area contributed by atoms with Gasteiger partial charge < -0.3 is 14.8 Å². The average Bonchev–Trinajstić information content (AvgIpc) is 3.00. The highest BCUT2D eigenvalue weighted by Crippen LogP contribution is 2.22. The fourth-order valence-electron chi connectivity index (χ4n) is 2.40. The van der Waals surface area contributed by atoms with Crippen molar-refractivity contribution in [2.24, 2.45) is 0 Å². The first-order valence-electron chi connectivity index (χ1n) is 8.37. The quantitative estimate of drug-likeness (QED) is 0.657. The number of ether oxygens (including phenoxy) is 2. The van der Waals surface area contributed by atoms with Gasteiger partial charge in [0, 0.05) is 11.6 Å². The zero-order valence-corrected chi connectivity index (χ0v) is 15.4. The van der Waals surface area contributed by atoms with Crippen molar-refractivity contribution in [2.75, 3.05) is 25.6 Å². The van der Waals surface area contributed by atoms with Gasteiger partial charge in [0.15, 0.2) is 5.82 Å². The zero-order chi connectivity index (χ0) is 18.7. The molecule has 138 valence electrons. The molecule has 0 radical (unpaired) electrons. The van der Waals surface area contributed by atoms with Gasteiger partial charge in [-0.15, -0.1) is 5.10 Å². The molecule has 1 aromatic carbocycles. The van der Waals surface area contributed by atoms with E-state index in [9.17, 15) is 4.79 Å². The lowest BCUT2D eigenvalue weighted by molar-refractivity contribution is 0.331. The maximum Gasteiger partial charge on any atom is 0.347 e. The van der Waals surface area contributed by atoms with Crippen LogP contribution in [0.1, 0.15) is 26.5 Å². The summed E-state index contributed by atoms with van der Waals surface area (Å²) in [5.74, 6) is 2.09. The number of aromatic nitrogens is 4. The van der Waals surface area contributed by atoms with Gasteiger partial charge in [-0.2, -0.15) is 0 Å². The predicted molar refractivity (Wildman–Crippen MR) is 99.3 cm³/mol. The van der Waals surface area contributed by atoms with Gasteiger partial charge in [0.25, 0.3) is 0 Å². The second-order valence-electron chi connectivity index (χ2n) is 6.90. The van der Waals surface area contributed by atoms with Crippen molar-refractivity contribution >= 4 is 11.5 Å². The van der Waals surface area contributed by atoms with Gasteiger partial charge in [-0.05, 0) is 24.3 Å². The van der Waals surface area contributed by atoms with Crippen LogP contribution in [0, 0.1) is 0 Å². The van der Waals surface area contributed by atoms with Gasteiger partial charge in [-0.25, -0.2) is 19.3 Å². The van der Waals surface area contributed by atoms with Gasteiger partial charge in [0.05, 0.1) is 19.3 Å². The van der Waals surface area contributed by atoms with E-state index in [1.54, 1.807) is 13.3 Å². The van der Waals surface area contributed by atoms with Crippen LogP contribution in [0.2, 0.25) is 0 Å². The highest BCUT2D eigenvalue weighted by Gasteiger charge is 2.19. The molecule has 3 aromatic rings. The Hall–Kier alpha value is -3.03. The van der Waals surface area contributed by atoms with E-state index in [0.29, 0.717) is 24.6 Å². The maximum atomic E-state index is 11.9. The van der Waals surface area contributed by atoms with Crippen LogP contribution >= 0.6 is 0 Å². The second-order valence-corrected chi connectivity index (χ2v) is 6.90. The van der Waals surface area contributed by atoms with Gasteiger partial charge in [0.2, 0.25) is 5.65 Å². The van der Waals surface area contributed by atoms with E-state index in [2.05, 4.69) is 20.5 Å². The molecule has 0 bridgehead atoms. The van der Waals surface area contributed by atoms with Crippen molar-refractivity contribution in [1.29, 1.82) is 0 Å². The first-order valence-corrected chi connectivity index (χ1v) is 8.37. The van der Waals surface area contributed by atoms with Gasteiger partial charge in [-0.1, -0.05) is 20.8 Å². The topological polar surface area (TPSA) is 93.5 Å². The van der Waals surface area contributed by atoms with Gasteiger partial charge in [-0.3, -0.25) is 0 Å². The largest absolute Gasteiger partial charge is 0.497 e. The van der Waals surface area contributed by atoms with Crippen molar-refractivity contribution in [2.45, 2.75) is 26.2 Å². The van der Waals surface area contributed by atoms with Crippen LogP contribution < -0.4 is 20.5 Å². The Morgan fingerprint density at radius 3 is 2.54 bits per heavy atom. The normalized spacial score (nSPS) is 11.5. The summed E-state index contributed by atoms with van der Waals surface area (Å²) in [6.07, 6.45) is 1.72. The molecule has 0 saturated heterocycles. The Labute approximate surface area is 151 Å². The van der Waals surface area contributed by atoms with E-state index in [-0.39, 0.29) is 11.1 Å². The first-order chi connectivity index (χ1) is 12.4. The summed E-state index contributed by atoms with van der Waals surface area (Å²) in [6.45, 7) is 7.09. The van der Waals surface area contributed by atoms with E-state index in [1.165, 1.54) is 4.40 Å². The molecule has 26 heavy (non-hydrogen) atoms. The Balaban J connectivity index is 1.70. The number of benzene rings is 1. The van der Waals surface area contributed by atoms with Crippen molar-refractivity contribution < 1.29 is 9.47 Å². The fraction of sp³-hybridized carbons (Fsp3) is 0.389. The number of nitrogens with one attached hydrogen (secondary N) is 2. The SMILES string of the molecule is COc1ccc(OCCNc2nc(C(C)(C)C)cn3c(=O)[nH]nc23)cc1. The number of nitrogens with zero attached hydrogens (tertiary/aromatic N) is 3. The van der Waals surface area contributed by atoms with Crippen LogP contribution in [0.5, 0.6) is 11.5 Å². The molecular formula is C18H23N5O3. The standard InChI is InChI=1S/C18H23N5O3/c1-18(2,3)14-11-23-16(21-22-17(23)24)15(20-14)19-9-10-26-13-7-5-12(25-4)6-8-13/h5-8,11H,9-10H2,1-4H3,(H,19,20)(H,22,24). The van der Waals surface area contributed by atoms with E-state index in [1.807, 2.05) is 45.0 Å². The lowest BCUT2D eigenvalue weighted by Gasteiger charge is -2.19. The first kappa shape index (κ1) is 17.8. The molecule has 0 atom stereocenters. The molecule has 0 aliphatic carbocycles. The smallest absolute Gasteiger partial charge is 0.347 e. The summed E-state index contributed by atoms with van der Waals surface area (Å²) in [4.78, 5) is 16.6. The Bertz CT molecular complexity index is 938. The van der Waals surface area contributed by atoms with Crippen LogP contribution in [0.15, 0.2) is 35.3 Å². The summed E-state index contributed by atoms with van der Waals surface area (Å²) in [5.41, 5.74) is 0.783. The van der Waals surface area contributed by atoms with Crippen LogP contribution in [-0.2, 0) is 5.41 Å². The van der Waals surface area contributed by atoms with Crippen molar-refractivity contribution in [3.05, 3.63) is 46.6 Å². The summed E-state index contributed by atoms with van der Waals surface area (Å²) in [5, 5.41) is 9.70. The Kier molecular flexibility index (Phi) is 4.83. The number of methoxy groups -OCH3 is 1. The minimum Gasteiger partial charge on any atom is -0.497 e. The fourth-order valence-corrected chi connectivity index (χ4v) is 2.40. The lowest BCUT2D eigenvalue weighted by atomic mass is 9.93. The molecule has 0 saturated carbocycles. The molecule has 2 aromatic heterocycles. The maximum absolute atomic E-state index is 11.9. The van der Waals surface area contributed by atoms with E-state index in [4.69, 9.17) is 9.47 Å². The molecular weight excluding hydrogens is 334 g/mol. The van der Waals surface area contributed by atoms with E-state index < -0.39 is 0 Å². The zero-order valence-electron chi connectivity index (χ0n) is 15.4. The molecule has 0 spiro atoms. The third-order valence-electron chi connectivity index (χ3n) is 3.89. The number of aromatic amines is 1. The lowest BCUT2D eigenvalue weighted by Crippen LogP contribution is -2.20. The minimum atomic E-state index is -0.287. The molecule has 0 amide bonds. The van der Waals surface area contributed by atoms with Crippen LogP contribution in [0.3, 0.4) is 0 Å². The number of rotatable bonds is 6. The van der Waals surface area contributed by atoms with Crippen molar-refractivity contribution in [1.82, 2.24) is 19.6 Å². The molecule has 3 rings (SSSR count). The highest BCUT2D eigenvalue weighted by molar-refractivity contribution is 5.62. The molecule has 8 nitrogen and oxygen atoms in total. The monoisotopic (exact) mass is 357 g/mol. The Morgan fingerprint density at radius 2 is 1.88 bits per heavy atom. The number of anilines is 1. The summed E-state index contributed by atoms with van der Waals surface area (Å²) in [7, 11) is 1.62. The number of H-pyrrole nitrogens is 1. The molecule has 0 fully saturated rings. The summed E-state index contributed by atoms with van der Waals surface area (Å²) >= 11 is 0.